The third-order valence-corrected chi connectivity index (χ3v) is 3.53. The van der Waals surface area contributed by atoms with Crippen LogP contribution in [0.15, 0.2) is 51.7 Å². The van der Waals surface area contributed by atoms with E-state index in [2.05, 4.69) is 26.0 Å². The topological polar surface area (TPSA) is 53.1 Å². The normalized spacial score (nSPS) is 11.0. The first-order valence-electron chi connectivity index (χ1n) is 6.46. The second kappa shape index (κ2) is 6.24. The maximum Gasteiger partial charge on any atom is 0.176 e. The average Bonchev–Trinajstić information content (AvgIpc) is 3.11. The van der Waals surface area contributed by atoms with Gasteiger partial charge in [-0.2, -0.15) is 5.10 Å². The Morgan fingerprint density at radius 1 is 1.24 bits per heavy atom. The van der Waals surface area contributed by atoms with Crippen LogP contribution in [-0.4, -0.2) is 21.9 Å². The summed E-state index contributed by atoms with van der Waals surface area (Å²) >= 11 is 3.44. The Bertz CT molecular complexity index is 705. The number of halogens is 1. The van der Waals surface area contributed by atoms with Crippen LogP contribution in [0.5, 0.6) is 0 Å². The van der Waals surface area contributed by atoms with Gasteiger partial charge < -0.3 is 9.15 Å². The fraction of sp³-hybridized carbons (Fsp3) is 0.200. The molecule has 0 saturated carbocycles. The van der Waals surface area contributed by atoms with Crippen LogP contribution in [0.2, 0.25) is 0 Å². The Morgan fingerprint density at radius 2 is 2.05 bits per heavy atom. The zero-order valence-corrected chi connectivity index (χ0v) is 13.1. The van der Waals surface area contributed by atoms with Crippen molar-refractivity contribution in [2.24, 2.45) is 0 Å². The van der Waals surface area contributed by atoms with Crippen molar-refractivity contribution in [3.63, 3.8) is 0 Å². The molecule has 0 atom stereocenters. The molecule has 1 aromatic carbocycles. The highest BCUT2D eigenvalue weighted by atomic mass is 79.9. The molecule has 0 bridgehead atoms. The molecule has 0 unspecified atom stereocenters. The lowest BCUT2D eigenvalue weighted by atomic mass is 10.2. The highest BCUT2D eigenvalue weighted by Crippen LogP contribution is 2.21. The van der Waals surface area contributed by atoms with E-state index in [1.165, 1.54) is 0 Å². The molecule has 6 heteroatoms. The van der Waals surface area contributed by atoms with E-state index in [0.29, 0.717) is 19.0 Å². The summed E-state index contributed by atoms with van der Waals surface area (Å²) in [6.07, 6.45) is 3.37. The molecular formula is C15H14BrN3O2. The number of furan rings is 1. The molecule has 3 aromatic rings. The lowest BCUT2D eigenvalue weighted by molar-refractivity contribution is 0.177. The zero-order chi connectivity index (χ0) is 14.7. The first kappa shape index (κ1) is 14.0. The van der Waals surface area contributed by atoms with Gasteiger partial charge in [0.25, 0.3) is 0 Å². The highest BCUT2D eigenvalue weighted by molar-refractivity contribution is 9.10. The number of benzene rings is 1. The van der Waals surface area contributed by atoms with Gasteiger partial charge in [-0.25, -0.2) is 9.67 Å². The highest BCUT2D eigenvalue weighted by Gasteiger charge is 2.12. The standard InChI is InChI=1S/C15H14BrN3O2/c1-20-10-14-17-15(12-2-4-13(16)5-3-12)19(18-14)8-11-6-7-21-9-11/h2-7,9H,8,10H2,1H3. The maximum absolute atomic E-state index is 5.12. The molecular weight excluding hydrogens is 334 g/mol. The Kier molecular flexibility index (Phi) is 4.17. The smallest absolute Gasteiger partial charge is 0.176 e. The van der Waals surface area contributed by atoms with Gasteiger partial charge in [-0.15, -0.1) is 0 Å². The van der Waals surface area contributed by atoms with Crippen molar-refractivity contribution in [1.29, 1.82) is 0 Å². The summed E-state index contributed by atoms with van der Waals surface area (Å²) in [5.74, 6) is 1.48. The van der Waals surface area contributed by atoms with Crippen LogP contribution in [0.25, 0.3) is 11.4 Å². The molecule has 2 aromatic heterocycles. The van der Waals surface area contributed by atoms with Crippen molar-refractivity contribution in [2.75, 3.05) is 7.11 Å². The first-order chi connectivity index (χ1) is 10.3. The van der Waals surface area contributed by atoms with Gasteiger partial charge in [-0.05, 0) is 18.2 Å². The molecule has 0 spiro atoms. The Hall–Kier alpha value is -1.92. The summed E-state index contributed by atoms with van der Waals surface area (Å²) in [6, 6.07) is 9.92. The molecule has 0 saturated heterocycles. The van der Waals surface area contributed by atoms with Crippen molar-refractivity contribution >= 4 is 15.9 Å². The molecule has 5 nitrogen and oxygen atoms in total. The summed E-state index contributed by atoms with van der Waals surface area (Å²) in [5, 5.41) is 4.50. The summed E-state index contributed by atoms with van der Waals surface area (Å²) < 4.78 is 13.1. The molecule has 3 rings (SSSR count). The third-order valence-electron chi connectivity index (χ3n) is 3.00. The summed E-state index contributed by atoms with van der Waals surface area (Å²) in [5.41, 5.74) is 2.05. The number of hydrogen-bond donors (Lipinski definition) is 0. The Morgan fingerprint density at radius 3 is 2.71 bits per heavy atom. The zero-order valence-electron chi connectivity index (χ0n) is 11.5. The van der Waals surface area contributed by atoms with E-state index in [1.54, 1.807) is 19.6 Å². The molecule has 108 valence electrons. The van der Waals surface area contributed by atoms with E-state index in [9.17, 15) is 0 Å². The van der Waals surface area contributed by atoms with Crippen LogP contribution >= 0.6 is 15.9 Å². The minimum absolute atomic E-state index is 0.391. The number of rotatable bonds is 5. The fourth-order valence-corrected chi connectivity index (χ4v) is 2.32. The van der Waals surface area contributed by atoms with Crippen molar-refractivity contribution < 1.29 is 9.15 Å². The quantitative estimate of drug-likeness (QED) is 0.708. The van der Waals surface area contributed by atoms with Gasteiger partial charge in [0.2, 0.25) is 0 Å². The van der Waals surface area contributed by atoms with Crippen molar-refractivity contribution in [3.8, 4) is 11.4 Å². The van der Waals surface area contributed by atoms with Gasteiger partial charge >= 0.3 is 0 Å². The summed E-state index contributed by atoms with van der Waals surface area (Å²) in [6.45, 7) is 1.00. The molecule has 0 amide bonds. The van der Waals surface area contributed by atoms with Crippen LogP contribution < -0.4 is 0 Å². The Balaban J connectivity index is 1.98. The lowest BCUT2D eigenvalue weighted by Gasteiger charge is -2.04. The molecule has 0 radical (unpaired) electrons. The van der Waals surface area contributed by atoms with Crippen LogP contribution in [0.3, 0.4) is 0 Å². The van der Waals surface area contributed by atoms with E-state index in [-0.39, 0.29) is 0 Å². The molecule has 21 heavy (non-hydrogen) atoms. The van der Waals surface area contributed by atoms with Gasteiger partial charge in [0.1, 0.15) is 6.61 Å². The molecule has 0 fully saturated rings. The first-order valence-corrected chi connectivity index (χ1v) is 7.25. The van der Waals surface area contributed by atoms with Crippen molar-refractivity contribution in [2.45, 2.75) is 13.2 Å². The van der Waals surface area contributed by atoms with Gasteiger partial charge in [-0.1, -0.05) is 28.1 Å². The van der Waals surface area contributed by atoms with Gasteiger partial charge in [-0.3, -0.25) is 0 Å². The number of methoxy groups -OCH3 is 1. The fourth-order valence-electron chi connectivity index (χ4n) is 2.06. The molecule has 0 aliphatic rings. The van der Waals surface area contributed by atoms with Crippen molar-refractivity contribution in [3.05, 3.63) is 58.7 Å². The van der Waals surface area contributed by atoms with Gasteiger partial charge in [0.05, 0.1) is 19.1 Å². The predicted molar refractivity (Wildman–Crippen MR) is 81.7 cm³/mol. The van der Waals surface area contributed by atoms with Crippen LogP contribution in [0.1, 0.15) is 11.4 Å². The molecule has 0 N–H and O–H groups in total. The third kappa shape index (κ3) is 3.22. The summed E-state index contributed by atoms with van der Waals surface area (Å²) in [7, 11) is 1.63. The predicted octanol–water partition coefficient (Wildman–Crippen LogP) is 3.50. The van der Waals surface area contributed by atoms with E-state index in [4.69, 9.17) is 9.15 Å². The maximum atomic E-state index is 5.12. The van der Waals surface area contributed by atoms with E-state index >= 15 is 0 Å². The number of hydrogen-bond acceptors (Lipinski definition) is 4. The summed E-state index contributed by atoms with van der Waals surface area (Å²) in [4.78, 5) is 4.56. The number of nitrogens with zero attached hydrogens (tertiary/aromatic N) is 3. The van der Waals surface area contributed by atoms with Crippen LogP contribution in [-0.2, 0) is 17.9 Å². The average molecular weight is 348 g/mol. The van der Waals surface area contributed by atoms with E-state index in [0.717, 1.165) is 21.4 Å². The van der Waals surface area contributed by atoms with Gasteiger partial charge in [0.15, 0.2) is 11.6 Å². The molecule has 2 heterocycles. The van der Waals surface area contributed by atoms with Crippen LogP contribution in [0.4, 0.5) is 0 Å². The number of aromatic nitrogens is 3. The Labute approximate surface area is 130 Å². The second-order valence-corrected chi connectivity index (χ2v) is 5.50. The minimum Gasteiger partial charge on any atom is -0.472 e. The SMILES string of the molecule is COCc1nc(-c2ccc(Br)cc2)n(Cc2ccoc2)n1. The monoisotopic (exact) mass is 347 g/mol. The molecule has 0 aliphatic carbocycles. The number of ether oxygens (including phenoxy) is 1. The lowest BCUT2D eigenvalue weighted by Crippen LogP contribution is -2.04. The van der Waals surface area contributed by atoms with Gasteiger partial charge in [0, 0.05) is 22.7 Å². The van der Waals surface area contributed by atoms with Crippen molar-refractivity contribution in [1.82, 2.24) is 14.8 Å². The molecule has 0 aliphatic heterocycles. The van der Waals surface area contributed by atoms with Crippen LogP contribution in [0, 0.1) is 0 Å². The van der Waals surface area contributed by atoms with E-state index in [1.807, 2.05) is 35.0 Å². The second-order valence-electron chi connectivity index (χ2n) is 4.58. The minimum atomic E-state index is 0.391. The largest absolute Gasteiger partial charge is 0.472 e. The van der Waals surface area contributed by atoms with E-state index < -0.39 is 0 Å².